The van der Waals surface area contributed by atoms with Crippen LogP contribution in [0.2, 0.25) is 0 Å². The van der Waals surface area contributed by atoms with E-state index in [0.717, 1.165) is 0 Å². The molecule has 0 aromatic carbocycles. The highest BCUT2D eigenvalue weighted by atomic mass is 19.1. The van der Waals surface area contributed by atoms with Crippen LogP contribution in [0.4, 0.5) is 4.39 Å². The first kappa shape index (κ1) is 8.85. The molecule has 3 heteroatoms. The summed E-state index contributed by atoms with van der Waals surface area (Å²) < 4.78 is 11.7. The van der Waals surface area contributed by atoms with Crippen molar-refractivity contribution in [2.75, 3.05) is 13.3 Å². The third kappa shape index (κ3) is 4.36. The van der Waals surface area contributed by atoms with Crippen molar-refractivity contribution < 1.29 is 14.6 Å². The van der Waals surface area contributed by atoms with Crippen LogP contribution in [0.5, 0.6) is 0 Å². The summed E-state index contributed by atoms with van der Waals surface area (Å²) in [6, 6.07) is 0. The first-order valence-electron chi connectivity index (χ1n) is 3.05. The average Bonchev–Trinajstić information content (AvgIpc) is 1.87. The minimum absolute atomic E-state index is 0.146. The van der Waals surface area contributed by atoms with Gasteiger partial charge < -0.3 is 10.2 Å². The van der Waals surface area contributed by atoms with Crippen LogP contribution in [0.15, 0.2) is 0 Å². The number of aliphatic hydroxyl groups is 2. The summed E-state index contributed by atoms with van der Waals surface area (Å²) in [7, 11) is 0. The number of rotatable bonds is 4. The molecule has 0 saturated carbocycles. The number of hydrogen-bond acceptors (Lipinski definition) is 2. The van der Waals surface area contributed by atoms with Gasteiger partial charge in [0, 0.05) is 0 Å². The molecule has 0 amide bonds. The molecule has 0 saturated heterocycles. The molecule has 0 aliphatic rings. The van der Waals surface area contributed by atoms with Gasteiger partial charge >= 0.3 is 0 Å². The molecule has 0 aliphatic carbocycles. The van der Waals surface area contributed by atoms with E-state index in [-0.39, 0.29) is 12.5 Å². The van der Waals surface area contributed by atoms with Crippen molar-refractivity contribution in [3.05, 3.63) is 0 Å². The maximum atomic E-state index is 11.7. The molecular formula is C6H13FO2. The minimum Gasteiger partial charge on any atom is -0.394 e. The Morgan fingerprint density at radius 3 is 2.44 bits per heavy atom. The van der Waals surface area contributed by atoms with Crippen molar-refractivity contribution in [3.8, 4) is 0 Å². The highest BCUT2D eigenvalue weighted by Crippen LogP contribution is 2.05. The molecule has 1 unspecified atom stereocenters. The van der Waals surface area contributed by atoms with Crippen LogP contribution in [0.3, 0.4) is 0 Å². The Balaban J connectivity index is 3.22. The first-order chi connectivity index (χ1) is 4.20. The Hall–Kier alpha value is -0.150. The number of halogens is 1. The fraction of sp³-hybridized carbons (Fsp3) is 1.00. The Morgan fingerprint density at radius 1 is 1.56 bits per heavy atom. The van der Waals surface area contributed by atoms with Crippen LogP contribution in [0, 0.1) is 5.92 Å². The second kappa shape index (κ2) is 4.70. The number of alkyl halides is 1. The van der Waals surface area contributed by atoms with E-state index in [2.05, 4.69) is 0 Å². The molecule has 0 bridgehead atoms. The van der Waals surface area contributed by atoms with Crippen LogP contribution in [0.25, 0.3) is 0 Å². The minimum atomic E-state index is -0.754. The van der Waals surface area contributed by atoms with Gasteiger partial charge in [-0.15, -0.1) is 0 Å². The molecule has 56 valence electrons. The van der Waals surface area contributed by atoms with Crippen molar-refractivity contribution in [1.82, 2.24) is 0 Å². The Morgan fingerprint density at radius 2 is 2.11 bits per heavy atom. The highest BCUT2D eigenvalue weighted by molar-refractivity contribution is 4.58. The molecular weight excluding hydrogens is 123 g/mol. The van der Waals surface area contributed by atoms with Crippen LogP contribution in [0.1, 0.15) is 13.3 Å². The van der Waals surface area contributed by atoms with Gasteiger partial charge in [-0.05, 0) is 12.3 Å². The Bertz CT molecular complexity index is 60.1. The second-order valence-corrected chi connectivity index (χ2v) is 2.33. The normalized spacial score (nSPS) is 17.3. The van der Waals surface area contributed by atoms with Gasteiger partial charge in [0.05, 0.1) is 19.4 Å². The molecule has 0 heterocycles. The predicted octanol–water partition coefficient (Wildman–Crippen LogP) is 0.335. The quantitative estimate of drug-likeness (QED) is 0.585. The lowest BCUT2D eigenvalue weighted by molar-refractivity contribution is 0.0726. The van der Waals surface area contributed by atoms with Crippen LogP contribution in [-0.2, 0) is 0 Å². The van der Waals surface area contributed by atoms with Gasteiger partial charge in [-0.2, -0.15) is 0 Å². The highest BCUT2D eigenvalue weighted by Gasteiger charge is 2.07. The second-order valence-electron chi connectivity index (χ2n) is 2.33. The molecule has 0 fully saturated rings. The zero-order valence-electron chi connectivity index (χ0n) is 5.55. The summed E-state index contributed by atoms with van der Waals surface area (Å²) in [5.41, 5.74) is 0. The number of hydrogen-bond donors (Lipinski definition) is 2. The summed E-state index contributed by atoms with van der Waals surface area (Å²) in [6.07, 6.45) is -0.414. The van der Waals surface area contributed by atoms with E-state index in [4.69, 9.17) is 10.2 Å². The van der Waals surface area contributed by atoms with Gasteiger partial charge in [0.1, 0.15) is 0 Å². The van der Waals surface area contributed by atoms with Gasteiger partial charge in [-0.1, -0.05) is 6.92 Å². The largest absolute Gasteiger partial charge is 0.394 e. The summed E-state index contributed by atoms with van der Waals surface area (Å²) in [5, 5.41) is 17.0. The van der Waals surface area contributed by atoms with E-state index < -0.39 is 12.8 Å². The molecule has 9 heavy (non-hydrogen) atoms. The van der Waals surface area contributed by atoms with Crippen molar-refractivity contribution in [2.45, 2.75) is 19.4 Å². The molecule has 0 aliphatic heterocycles. The summed E-state index contributed by atoms with van der Waals surface area (Å²) in [5.74, 6) is -0.146. The van der Waals surface area contributed by atoms with Gasteiger partial charge in [-0.3, -0.25) is 4.39 Å². The lowest BCUT2D eigenvalue weighted by atomic mass is 10.1. The molecule has 2 N–H and O–H groups in total. The van der Waals surface area contributed by atoms with Crippen LogP contribution < -0.4 is 0 Å². The van der Waals surface area contributed by atoms with E-state index in [1.165, 1.54) is 0 Å². The Labute approximate surface area is 54.3 Å². The van der Waals surface area contributed by atoms with E-state index in [1.54, 1.807) is 6.92 Å². The molecule has 0 rings (SSSR count). The van der Waals surface area contributed by atoms with E-state index in [9.17, 15) is 4.39 Å². The van der Waals surface area contributed by atoms with Crippen molar-refractivity contribution in [3.63, 3.8) is 0 Å². The lowest BCUT2D eigenvalue weighted by Crippen LogP contribution is -2.16. The van der Waals surface area contributed by atoms with Gasteiger partial charge in [0.2, 0.25) is 0 Å². The van der Waals surface area contributed by atoms with Crippen LogP contribution in [-0.4, -0.2) is 29.6 Å². The van der Waals surface area contributed by atoms with Gasteiger partial charge in [-0.25, -0.2) is 0 Å². The van der Waals surface area contributed by atoms with Crippen LogP contribution >= 0.6 is 0 Å². The average molecular weight is 136 g/mol. The Kier molecular flexibility index (Phi) is 4.62. The summed E-state index contributed by atoms with van der Waals surface area (Å²) in [4.78, 5) is 0. The fourth-order valence-electron chi connectivity index (χ4n) is 0.602. The fourth-order valence-corrected chi connectivity index (χ4v) is 0.602. The maximum Gasteiger partial charge on any atom is 0.0920 e. The van der Waals surface area contributed by atoms with E-state index in [0.29, 0.717) is 6.42 Å². The maximum absolute atomic E-state index is 11.7. The summed E-state index contributed by atoms with van der Waals surface area (Å²) in [6.45, 7) is 0.986. The zero-order chi connectivity index (χ0) is 7.28. The van der Waals surface area contributed by atoms with Crippen molar-refractivity contribution in [2.24, 2.45) is 5.92 Å². The number of aliphatic hydroxyl groups excluding tert-OH is 2. The SMILES string of the molecule is C[C@H](CF)CC(O)CO. The molecule has 0 aromatic heterocycles. The molecule has 0 aromatic rings. The third-order valence-electron chi connectivity index (χ3n) is 1.15. The summed E-state index contributed by atoms with van der Waals surface area (Å²) >= 11 is 0. The zero-order valence-corrected chi connectivity index (χ0v) is 5.55. The molecule has 0 spiro atoms. The topological polar surface area (TPSA) is 40.5 Å². The van der Waals surface area contributed by atoms with Crippen molar-refractivity contribution in [1.29, 1.82) is 0 Å². The molecule has 2 nitrogen and oxygen atoms in total. The van der Waals surface area contributed by atoms with Gasteiger partial charge in [0.25, 0.3) is 0 Å². The van der Waals surface area contributed by atoms with E-state index >= 15 is 0 Å². The predicted molar refractivity (Wildman–Crippen MR) is 32.8 cm³/mol. The third-order valence-corrected chi connectivity index (χ3v) is 1.15. The van der Waals surface area contributed by atoms with Gasteiger partial charge in [0.15, 0.2) is 0 Å². The lowest BCUT2D eigenvalue weighted by Gasteiger charge is -2.09. The monoisotopic (exact) mass is 136 g/mol. The smallest absolute Gasteiger partial charge is 0.0920 e. The van der Waals surface area contributed by atoms with Crippen molar-refractivity contribution >= 4 is 0 Å². The molecule has 2 atom stereocenters. The first-order valence-corrected chi connectivity index (χ1v) is 3.05. The standard InChI is InChI=1S/C6H13FO2/c1-5(3-7)2-6(9)4-8/h5-6,8-9H,2-4H2,1H3/t5-,6?/m0/s1. The van der Waals surface area contributed by atoms with E-state index in [1.807, 2.05) is 0 Å². The molecule has 0 radical (unpaired) electrons.